The Labute approximate surface area is 181 Å². The molecule has 2 amide bonds. The number of carbonyl (C=O) groups is 2. The highest BCUT2D eigenvalue weighted by Crippen LogP contribution is 2.37. The van der Waals surface area contributed by atoms with Crippen LogP contribution in [0.25, 0.3) is 10.9 Å². The molecule has 1 N–H and O–H groups in total. The van der Waals surface area contributed by atoms with Gasteiger partial charge in [-0.25, -0.2) is 8.42 Å². The van der Waals surface area contributed by atoms with E-state index in [2.05, 4.69) is 4.98 Å². The Hall–Kier alpha value is -2.36. The minimum Gasteiger partial charge on any atom is -0.395 e. The van der Waals surface area contributed by atoms with E-state index in [-0.39, 0.29) is 29.2 Å². The number of aliphatic hydroxyl groups is 1. The van der Waals surface area contributed by atoms with Crippen molar-refractivity contribution < 1.29 is 23.1 Å². The molecular weight excluding hydrogens is 418 g/mol. The van der Waals surface area contributed by atoms with Gasteiger partial charge in [0.2, 0.25) is 10.0 Å². The number of imide groups is 1. The molecule has 2 aliphatic rings. The number of aromatic nitrogens is 1. The fourth-order valence-electron chi connectivity index (χ4n) is 4.30. The van der Waals surface area contributed by atoms with Gasteiger partial charge in [0, 0.05) is 23.9 Å². The summed E-state index contributed by atoms with van der Waals surface area (Å²) in [4.78, 5) is 32.0. The lowest BCUT2D eigenvalue weighted by Gasteiger charge is -2.26. The molecule has 1 fully saturated rings. The van der Waals surface area contributed by atoms with Crippen LogP contribution in [0.5, 0.6) is 0 Å². The Morgan fingerprint density at radius 2 is 1.68 bits per heavy atom. The van der Waals surface area contributed by atoms with Crippen LogP contribution in [0.1, 0.15) is 66.4 Å². The van der Waals surface area contributed by atoms with E-state index in [1.54, 1.807) is 6.07 Å². The molecule has 0 saturated carbocycles. The normalized spacial score (nSPS) is 18.1. The number of hydrogen-bond donors (Lipinski definition) is 1. The average molecular weight is 446 g/mol. The first-order chi connectivity index (χ1) is 14.6. The van der Waals surface area contributed by atoms with E-state index in [0.717, 1.165) is 24.2 Å². The summed E-state index contributed by atoms with van der Waals surface area (Å²) in [6, 6.07) is 4.59. The van der Waals surface area contributed by atoms with Crippen molar-refractivity contribution in [2.24, 2.45) is 0 Å². The second-order valence-corrected chi connectivity index (χ2v) is 11.0. The average Bonchev–Trinajstić information content (AvgIpc) is 2.98. The molecule has 2 aromatic rings. The number of rotatable bonds is 4. The number of pyridine rings is 1. The van der Waals surface area contributed by atoms with Gasteiger partial charge >= 0.3 is 0 Å². The first-order valence-corrected chi connectivity index (χ1v) is 12.0. The fraction of sp³-hybridized carbons (Fsp3) is 0.500. The summed E-state index contributed by atoms with van der Waals surface area (Å²) in [5.41, 5.74) is 0.811. The number of β-amino-alcohol motifs (C(OH)–C–C–N with tert-alkyl or cyclic N) is 1. The van der Waals surface area contributed by atoms with Crippen LogP contribution in [0.3, 0.4) is 0 Å². The van der Waals surface area contributed by atoms with Gasteiger partial charge in [-0.15, -0.1) is 0 Å². The standard InChI is InChI=1S/C22H27N3O5S/c1-22(2,3)19-18-17(20(27)25(11-12-26)21(18)28)15-13-14(7-8-16(15)23-19)31(29,30)24-9-5-4-6-10-24/h7-8,13,26H,4-6,9-12H2,1-3H3. The highest BCUT2D eigenvalue weighted by Gasteiger charge is 2.42. The zero-order chi connectivity index (χ0) is 22.6. The second-order valence-electron chi connectivity index (χ2n) is 9.09. The number of amides is 2. The molecule has 0 unspecified atom stereocenters. The molecule has 0 bridgehead atoms. The van der Waals surface area contributed by atoms with Crippen molar-refractivity contribution >= 4 is 32.7 Å². The van der Waals surface area contributed by atoms with Gasteiger partial charge in [-0.05, 0) is 31.0 Å². The van der Waals surface area contributed by atoms with Crippen molar-refractivity contribution in [3.05, 3.63) is 35.0 Å². The van der Waals surface area contributed by atoms with Gasteiger partial charge in [0.15, 0.2) is 0 Å². The Morgan fingerprint density at radius 3 is 2.29 bits per heavy atom. The van der Waals surface area contributed by atoms with Crippen molar-refractivity contribution in [2.75, 3.05) is 26.2 Å². The maximum atomic E-state index is 13.2. The van der Waals surface area contributed by atoms with Crippen molar-refractivity contribution in [1.82, 2.24) is 14.2 Å². The number of benzene rings is 1. The van der Waals surface area contributed by atoms with Gasteiger partial charge in [-0.1, -0.05) is 27.2 Å². The Morgan fingerprint density at radius 1 is 1.03 bits per heavy atom. The van der Waals surface area contributed by atoms with Crippen LogP contribution in [0.15, 0.2) is 23.1 Å². The van der Waals surface area contributed by atoms with Crippen molar-refractivity contribution in [2.45, 2.75) is 50.3 Å². The van der Waals surface area contributed by atoms with Gasteiger partial charge in [0.05, 0.1) is 40.4 Å². The predicted molar refractivity (Wildman–Crippen MR) is 116 cm³/mol. The third-order valence-corrected chi connectivity index (χ3v) is 7.76. The third kappa shape index (κ3) is 3.54. The Kier molecular flexibility index (Phi) is 5.39. The first kappa shape index (κ1) is 21.9. The molecule has 166 valence electrons. The zero-order valence-electron chi connectivity index (χ0n) is 18.0. The minimum absolute atomic E-state index is 0.0928. The Bertz CT molecular complexity index is 1180. The molecule has 0 atom stereocenters. The highest BCUT2D eigenvalue weighted by atomic mass is 32.2. The first-order valence-electron chi connectivity index (χ1n) is 10.5. The third-order valence-electron chi connectivity index (χ3n) is 5.86. The van der Waals surface area contributed by atoms with Gasteiger partial charge in [-0.3, -0.25) is 19.5 Å². The molecular formula is C22H27N3O5S. The number of nitrogens with zero attached hydrogens (tertiary/aromatic N) is 3. The van der Waals surface area contributed by atoms with Crippen LogP contribution in [-0.4, -0.2) is 65.8 Å². The summed E-state index contributed by atoms with van der Waals surface area (Å²) in [5.74, 6) is -1.03. The fourth-order valence-corrected chi connectivity index (χ4v) is 5.84. The number of hydrogen-bond acceptors (Lipinski definition) is 6. The second kappa shape index (κ2) is 7.65. The quantitative estimate of drug-likeness (QED) is 0.724. The number of aliphatic hydroxyl groups excluding tert-OH is 1. The number of piperidine rings is 1. The van der Waals surface area contributed by atoms with Crippen LogP contribution in [0, 0.1) is 0 Å². The van der Waals surface area contributed by atoms with Crippen LogP contribution < -0.4 is 0 Å². The van der Waals surface area contributed by atoms with Crippen LogP contribution in [0.2, 0.25) is 0 Å². The van der Waals surface area contributed by atoms with Gasteiger partial charge < -0.3 is 5.11 Å². The van der Waals surface area contributed by atoms with E-state index < -0.39 is 27.3 Å². The summed E-state index contributed by atoms with van der Waals surface area (Å²) in [6.07, 6.45) is 2.65. The summed E-state index contributed by atoms with van der Waals surface area (Å²) >= 11 is 0. The molecule has 0 radical (unpaired) electrons. The van der Waals surface area contributed by atoms with E-state index in [9.17, 15) is 23.1 Å². The largest absolute Gasteiger partial charge is 0.395 e. The lowest BCUT2D eigenvalue weighted by Crippen LogP contribution is -2.35. The lowest BCUT2D eigenvalue weighted by molar-refractivity contribution is 0.0623. The lowest BCUT2D eigenvalue weighted by atomic mass is 9.86. The van der Waals surface area contributed by atoms with E-state index in [4.69, 9.17) is 0 Å². The van der Waals surface area contributed by atoms with Crippen molar-refractivity contribution in [3.8, 4) is 0 Å². The molecule has 1 saturated heterocycles. The number of carbonyl (C=O) groups excluding carboxylic acids is 2. The maximum Gasteiger partial charge on any atom is 0.263 e. The molecule has 2 aliphatic heterocycles. The van der Waals surface area contributed by atoms with Gasteiger partial charge in [0.1, 0.15) is 0 Å². The molecule has 0 aliphatic carbocycles. The molecule has 4 rings (SSSR count). The molecule has 3 heterocycles. The summed E-state index contributed by atoms with van der Waals surface area (Å²) in [7, 11) is -3.71. The van der Waals surface area contributed by atoms with E-state index in [0.29, 0.717) is 29.7 Å². The van der Waals surface area contributed by atoms with E-state index in [1.165, 1.54) is 16.4 Å². The molecule has 9 heteroatoms. The summed E-state index contributed by atoms with van der Waals surface area (Å²) < 4.78 is 27.8. The summed E-state index contributed by atoms with van der Waals surface area (Å²) in [6.45, 7) is 6.19. The number of sulfonamides is 1. The van der Waals surface area contributed by atoms with Crippen molar-refractivity contribution in [1.29, 1.82) is 0 Å². The topological polar surface area (TPSA) is 108 Å². The summed E-state index contributed by atoms with van der Waals surface area (Å²) in [5, 5.41) is 9.68. The van der Waals surface area contributed by atoms with Crippen LogP contribution in [-0.2, 0) is 15.4 Å². The van der Waals surface area contributed by atoms with Gasteiger partial charge in [-0.2, -0.15) is 4.31 Å². The molecule has 1 aromatic heterocycles. The molecule has 1 aromatic carbocycles. The molecule has 0 spiro atoms. The smallest absolute Gasteiger partial charge is 0.263 e. The maximum absolute atomic E-state index is 13.2. The zero-order valence-corrected chi connectivity index (χ0v) is 18.8. The van der Waals surface area contributed by atoms with Gasteiger partial charge in [0.25, 0.3) is 11.8 Å². The van der Waals surface area contributed by atoms with Crippen LogP contribution in [0.4, 0.5) is 0 Å². The van der Waals surface area contributed by atoms with Crippen LogP contribution >= 0.6 is 0 Å². The minimum atomic E-state index is -3.71. The highest BCUT2D eigenvalue weighted by molar-refractivity contribution is 7.89. The SMILES string of the molecule is CC(C)(C)c1nc2ccc(S(=O)(=O)N3CCCCC3)cc2c2c1C(=O)N(CCO)C2=O. The number of fused-ring (bicyclic) bond motifs is 3. The van der Waals surface area contributed by atoms with E-state index in [1.807, 2.05) is 20.8 Å². The molecule has 8 nitrogen and oxygen atoms in total. The van der Waals surface area contributed by atoms with E-state index >= 15 is 0 Å². The predicted octanol–water partition coefficient (Wildman–Crippen LogP) is 2.30. The van der Waals surface area contributed by atoms with Crippen molar-refractivity contribution in [3.63, 3.8) is 0 Å². The Balaban J connectivity index is 1.95. The monoisotopic (exact) mass is 445 g/mol. The molecule has 31 heavy (non-hydrogen) atoms.